The van der Waals surface area contributed by atoms with Crippen LogP contribution < -0.4 is 4.89 Å². The van der Waals surface area contributed by atoms with E-state index in [1.165, 1.54) is 0 Å². The van der Waals surface area contributed by atoms with E-state index < -0.39 is 10.8 Å². The Hall–Kier alpha value is 0.190. The number of aliphatic hydroxyl groups excluding tert-OH is 1. The second kappa shape index (κ2) is 1.61. The fraction of sp³-hybridized carbons (Fsp3) is 1.00. The van der Waals surface area contributed by atoms with Crippen molar-refractivity contribution >= 4 is 10.8 Å². The Balaban J connectivity index is 2.13. The van der Waals surface area contributed by atoms with E-state index in [1.807, 2.05) is 0 Å². The Labute approximate surface area is 42.9 Å². The summed E-state index contributed by atoms with van der Waals surface area (Å²) in [5.74, 6) is 0.312. The Morgan fingerprint density at radius 2 is 2.29 bits per heavy atom. The molecule has 1 unspecified atom stereocenters. The van der Waals surface area contributed by atoms with Gasteiger partial charge in [0.2, 0.25) is 0 Å². The van der Waals surface area contributed by atoms with E-state index in [9.17, 15) is 0 Å². The van der Waals surface area contributed by atoms with Crippen molar-refractivity contribution < 1.29 is 13.9 Å². The number of nitrogens with one attached hydrogen (secondary N) is 1. The molecule has 0 bridgehead atoms. The van der Waals surface area contributed by atoms with Crippen molar-refractivity contribution in [2.24, 2.45) is 0 Å². The molecule has 0 aliphatic carbocycles. The minimum atomic E-state index is -1.92. The van der Waals surface area contributed by atoms with E-state index in [1.54, 1.807) is 0 Å². The van der Waals surface area contributed by atoms with E-state index in [2.05, 4.69) is 9.17 Å². The van der Waals surface area contributed by atoms with Crippen molar-refractivity contribution in [2.75, 3.05) is 12.4 Å². The maximum atomic E-state index is 8.72. The molecular formula is C2H7NO3S. The summed E-state index contributed by atoms with van der Waals surface area (Å²) >= 11 is 0. The molecule has 1 fully saturated rings. The average molecular weight is 125 g/mol. The van der Waals surface area contributed by atoms with E-state index in [0.29, 0.717) is 5.75 Å². The smallest absolute Gasteiger partial charge is 0.0803 e. The monoisotopic (exact) mass is 125 g/mol. The molecule has 4 nitrogen and oxygen atoms in total. The zero-order chi connectivity index (χ0) is 5.33. The van der Waals surface area contributed by atoms with Gasteiger partial charge in [-0.25, -0.2) is 0 Å². The van der Waals surface area contributed by atoms with Gasteiger partial charge in [0.25, 0.3) is 0 Å². The maximum absolute atomic E-state index is 8.72. The molecule has 1 heterocycles. The molecule has 5 heteroatoms. The lowest BCUT2D eigenvalue weighted by molar-refractivity contribution is 0.318. The highest BCUT2D eigenvalue weighted by atomic mass is 32.3. The Kier molecular flexibility index (Phi) is 1.22. The summed E-state index contributed by atoms with van der Waals surface area (Å²) in [7, 11) is -1.92. The van der Waals surface area contributed by atoms with Crippen molar-refractivity contribution in [3.05, 3.63) is 0 Å². The van der Waals surface area contributed by atoms with Crippen LogP contribution in [0.25, 0.3) is 0 Å². The molecule has 3 N–H and O–H groups in total. The molecule has 0 spiro atoms. The van der Waals surface area contributed by atoms with Crippen LogP contribution in [0.1, 0.15) is 0 Å². The zero-order valence-electron chi connectivity index (χ0n) is 3.63. The molecule has 1 rings (SSSR count). The van der Waals surface area contributed by atoms with Gasteiger partial charge in [0.05, 0.1) is 12.4 Å². The third kappa shape index (κ3) is 1.29. The lowest BCUT2D eigenvalue weighted by Gasteiger charge is -2.04. The van der Waals surface area contributed by atoms with Crippen LogP contribution in [0, 0.1) is 0 Å². The molecule has 44 valence electrons. The first kappa shape index (κ1) is 5.33. The van der Waals surface area contributed by atoms with Gasteiger partial charge in [-0.2, -0.15) is 4.28 Å². The first-order valence-electron chi connectivity index (χ1n) is 1.86. The largest absolute Gasteiger partial charge is 0.395 e. The number of hydrogen-bond donors (Lipinski definition) is 3. The molecule has 0 amide bonds. The highest BCUT2D eigenvalue weighted by Gasteiger charge is 2.30. The third-order valence-electron chi connectivity index (χ3n) is 0.644. The summed E-state index contributed by atoms with van der Waals surface area (Å²) in [6.45, 7) is -0.0289. The summed E-state index contributed by atoms with van der Waals surface area (Å²) in [5, 5.41) is 8.18. The lowest BCUT2D eigenvalue weighted by Crippen LogP contribution is -1.95. The standard InChI is InChI=1S/C2H7NO3S/c4-1-2-7(5)3-6-7/h3-5H,1-2H2. The molecule has 1 saturated heterocycles. The van der Waals surface area contributed by atoms with Gasteiger partial charge in [0.1, 0.15) is 0 Å². The third-order valence-corrected chi connectivity index (χ3v) is 1.93. The van der Waals surface area contributed by atoms with E-state index in [0.717, 1.165) is 0 Å². The van der Waals surface area contributed by atoms with Gasteiger partial charge >= 0.3 is 0 Å². The summed E-state index contributed by atoms with van der Waals surface area (Å²) in [6, 6.07) is 0. The molecule has 0 aromatic heterocycles. The summed E-state index contributed by atoms with van der Waals surface area (Å²) < 4.78 is 13.1. The van der Waals surface area contributed by atoms with E-state index in [-0.39, 0.29) is 6.61 Å². The van der Waals surface area contributed by atoms with Crippen molar-refractivity contribution in [3.63, 3.8) is 0 Å². The summed E-state index contributed by atoms with van der Waals surface area (Å²) in [6.07, 6.45) is 0. The van der Waals surface area contributed by atoms with Crippen LogP contribution in [0.3, 0.4) is 0 Å². The van der Waals surface area contributed by atoms with Gasteiger partial charge in [0.15, 0.2) is 0 Å². The number of hydrogen-bond acceptors (Lipinski definition) is 4. The topological polar surface area (TPSA) is 74.9 Å². The highest BCUT2D eigenvalue weighted by molar-refractivity contribution is 8.27. The second-order valence-corrected chi connectivity index (χ2v) is 3.26. The Morgan fingerprint density at radius 3 is 2.43 bits per heavy atom. The molecule has 0 radical (unpaired) electrons. The van der Waals surface area contributed by atoms with Gasteiger partial charge in [-0.1, -0.05) is 15.7 Å². The first-order valence-corrected chi connectivity index (χ1v) is 3.55. The van der Waals surface area contributed by atoms with Crippen molar-refractivity contribution in [3.8, 4) is 0 Å². The first-order chi connectivity index (χ1) is 3.27. The summed E-state index contributed by atoms with van der Waals surface area (Å²) in [4.78, 5) is 2.29. The predicted octanol–water partition coefficient (Wildman–Crippen LogP) is -0.379. The zero-order valence-corrected chi connectivity index (χ0v) is 4.44. The van der Waals surface area contributed by atoms with Crippen LogP contribution in [0.15, 0.2) is 0 Å². The average Bonchev–Trinajstić information content (AvgIpc) is 2.22. The van der Waals surface area contributed by atoms with Gasteiger partial charge < -0.3 is 5.11 Å². The molecule has 0 aromatic rings. The van der Waals surface area contributed by atoms with Crippen LogP contribution in [-0.4, -0.2) is 22.0 Å². The van der Waals surface area contributed by atoms with Crippen molar-refractivity contribution in [1.82, 2.24) is 4.89 Å². The van der Waals surface area contributed by atoms with E-state index >= 15 is 0 Å². The van der Waals surface area contributed by atoms with Gasteiger partial charge in [0, 0.05) is 0 Å². The molecule has 0 aromatic carbocycles. The SMILES string of the molecule is OCCS1(O)NO1. The molecule has 1 aliphatic rings. The molecule has 7 heavy (non-hydrogen) atoms. The van der Waals surface area contributed by atoms with Gasteiger partial charge in [-0.05, 0) is 0 Å². The Bertz CT molecular complexity index is 73.3. The molecule has 0 saturated carbocycles. The molecule has 1 aliphatic heterocycles. The maximum Gasteiger partial charge on any atom is 0.0803 e. The predicted molar refractivity (Wildman–Crippen MR) is 26.4 cm³/mol. The van der Waals surface area contributed by atoms with Crippen LogP contribution in [0.4, 0.5) is 0 Å². The van der Waals surface area contributed by atoms with Gasteiger partial charge in [-0.3, -0.25) is 4.55 Å². The lowest BCUT2D eigenvalue weighted by atomic mass is 10.9. The quantitative estimate of drug-likeness (QED) is 0.440. The van der Waals surface area contributed by atoms with Crippen LogP contribution in [0.2, 0.25) is 0 Å². The van der Waals surface area contributed by atoms with E-state index in [4.69, 9.17) is 9.66 Å². The van der Waals surface area contributed by atoms with Crippen molar-refractivity contribution in [1.29, 1.82) is 0 Å². The van der Waals surface area contributed by atoms with Crippen molar-refractivity contribution in [2.45, 2.75) is 0 Å². The second-order valence-electron chi connectivity index (χ2n) is 1.23. The number of aliphatic hydroxyl groups is 1. The van der Waals surface area contributed by atoms with Gasteiger partial charge in [-0.15, -0.1) is 0 Å². The highest BCUT2D eigenvalue weighted by Crippen LogP contribution is 2.51. The fourth-order valence-electron chi connectivity index (χ4n) is 0.246. The van der Waals surface area contributed by atoms with Crippen LogP contribution in [-0.2, 0) is 4.28 Å². The van der Waals surface area contributed by atoms with Crippen LogP contribution in [0.5, 0.6) is 0 Å². The molecule has 1 atom stereocenters. The normalized spacial score (nSPS) is 47.7. The Morgan fingerprint density at radius 1 is 1.71 bits per heavy atom. The number of rotatable bonds is 2. The molecular weight excluding hydrogens is 118 g/mol. The minimum absolute atomic E-state index is 0.0289. The summed E-state index contributed by atoms with van der Waals surface area (Å²) in [5.41, 5.74) is 0. The minimum Gasteiger partial charge on any atom is -0.395 e. The van der Waals surface area contributed by atoms with Crippen LogP contribution >= 0.6 is 10.8 Å². The fourth-order valence-corrected chi connectivity index (χ4v) is 0.975.